The van der Waals surface area contributed by atoms with Crippen molar-refractivity contribution in [2.24, 2.45) is 5.92 Å². The maximum Gasteiger partial charge on any atom is 0.0507 e. The molecule has 0 aliphatic carbocycles. The molecule has 2 saturated heterocycles. The lowest BCUT2D eigenvalue weighted by atomic mass is 10.1. The fourth-order valence-electron chi connectivity index (χ4n) is 3.32. The first-order chi connectivity index (χ1) is 9.72. The zero-order valence-electron chi connectivity index (χ0n) is 12.8. The SMILES string of the molecule is Cc1ccc(C)c(N2CCN(C[C@@H]3CCOC3)CC2)c1. The van der Waals surface area contributed by atoms with Crippen LogP contribution in [0.2, 0.25) is 0 Å². The molecule has 1 aromatic carbocycles. The van der Waals surface area contributed by atoms with Crippen molar-refractivity contribution in [3.8, 4) is 0 Å². The van der Waals surface area contributed by atoms with Crippen molar-refractivity contribution in [1.29, 1.82) is 0 Å². The second kappa shape index (κ2) is 6.15. The maximum atomic E-state index is 5.48. The number of piperazine rings is 1. The van der Waals surface area contributed by atoms with Gasteiger partial charge >= 0.3 is 0 Å². The molecule has 3 rings (SSSR count). The molecule has 0 N–H and O–H groups in total. The topological polar surface area (TPSA) is 15.7 Å². The number of anilines is 1. The summed E-state index contributed by atoms with van der Waals surface area (Å²) in [4.78, 5) is 5.16. The molecule has 0 bridgehead atoms. The van der Waals surface area contributed by atoms with Crippen LogP contribution in [0.4, 0.5) is 5.69 Å². The zero-order valence-corrected chi connectivity index (χ0v) is 12.8. The van der Waals surface area contributed by atoms with E-state index in [2.05, 4.69) is 41.8 Å². The Balaban J connectivity index is 1.56. The summed E-state index contributed by atoms with van der Waals surface area (Å²) in [5.74, 6) is 0.766. The van der Waals surface area contributed by atoms with Gasteiger partial charge < -0.3 is 9.64 Å². The van der Waals surface area contributed by atoms with Crippen LogP contribution in [0.5, 0.6) is 0 Å². The van der Waals surface area contributed by atoms with E-state index in [0.29, 0.717) is 0 Å². The Hall–Kier alpha value is -1.06. The Morgan fingerprint density at radius 3 is 2.65 bits per heavy atom. The van der Waals surface area contributed by atoms with E-state index in [1.54, 1.807) is 0 Å². The summed E-state index contributed by atoms with van der Waals surface area (Å²) in [6.45, 7) is 12.2. The highest BCUT2D eigenvalue weighted by Crippen LogP contribution is 2.23. The molecule has 2 aliphatic heterocycles. The number of ether oxygens (including phenoxy) is 1. The van der Waals surface area contributed by atoms with Crippen LogP contribution in [0.1, 0.15) is 17.5 Å². The van der Waals surface area contributed by atoms with Gasteiger partial charge in [-0.1, -0.05) is 12.1 Å². The van der Waals surface area contributed by atoms with Gasteiger partial charge in [0, 0.05) is 45.0 Å². The largest absolute Gasteiger partial charge is 0.381 e. The second-order valence-corrected chi connectivity index (χ2v) is 6.31. The van der Waals surface area contributed by atoms with Gasteiger partial charge in [-0.2, -0.15) is 0 Å². The van der Waals surface area contributed by atoms with Crippen LogP contribution >= 0.6 is 0 Å². The van der Waals surface area contributed by atoms with Gasteiger partial charge in [0.05, 0.1) is 6.61 Å². The third kappa shape index (κ3) is 3.15. The molecule has 0 saturated carbocycles. The first kappa shape index (κ1) is 13.9. The summed E-state index contributed by atoms with van der Waals surface area (Å²) >= 11 is 0. The fraction of sp³-hybridized carbons (Fsp3) is 0.647. The van der Waals surface area contributed by atoms with Crippen molar-refractivity contribution >= 4 is 5.69 Å². The van der Waals surface area contributed by atoms with E-state index in [-0.39, 0.29) is 0 Å². The van der Waals surface area contributed by atoms with E-state index in [9.17, 15) is 0 Å². The predicted molar refractivity (Wildman–Crippen MR) is 83.5 cm³/mol. The Morgan fingerprint density at radius 2 is 1.95 bits per heavy atom. The minimum atomic E-state index is 0.766. The Bertz CT molecular complexity index is 446. The van der Waals surface area contributed by atoms with Gasteiger partial charge in [0.15, 0.2) is 0 Å². The van der Waals surface area contributed by atoms with E-state index in [4.69, 9.17) is 4.74 Å². The number of nitrogens with zero attached hydrogens (tertiary/aromatic N) is 2. The van der Waals surface area contributed by atoms with Crippen molar-refractivity contribution in [3.63, 3.8) is 0 Å². The van der Waals surface area contributed by atoms with E-state index in [1.807, 2.05) is 0 Å². The van der Waals surface area contributed by atoms with Crippen molar-refractivity contribution in [2.75, 3.05) is 50.8 Å². The zero-order chi connectivity index (χ0) is 13.9. The summed E-state index contributed by atoms with van der Waals surface area (Å²) in [5.41, 5.74) is 4.18. The Kier molecular flexibility index (Phi) is 4.27. The molecule has 0 radical (unpaired) electrons. The average Bonchev–Trinajstić information content (AvgIpc) is 2.95. The Labute approximate surface area is 122 Å². The summed E-state index contributed by atoms with van der Waals surface area (Å²) in [6, 6.07) is 6.78. The number of hydrogen-bond acceptors (Lipinski definition) is 3. The third-order valence-corrected chi connectivity index (χ3v) is 4.62. The van der Waals surface area contributed by atoms with Gasteiger partial charge in [-0.15, -0.1) is 0 Å². The molecule has 0 spiro atoms. The minimum Gasteiger partial charge on any atom is -0.381 e. The highest BCUT2D eigenvalue weighted by atomic mass is 16.5. The molecule has 2 heterocycles. The predicted octanol–water partition coefficient (Wildman–Crippen LogP) is 2.46. The molecule has 1 atom stereocenters. The third-order valence-electron chi connectivity index (χ3n) is 4.62. The van der Waals surface area contributed by atoms with Gasteiger partial charge in [-0.25, -0.2) is 0 Å². The summed E-state index contributed by atoms with van der Waals surface area (Å²) in [6.07, 6.45) is 1.25. The van der Waals surface area contributed by atoms with E-state index >= 15 is 0 Å². The first-order valence-electron chi connectivity index (χ1n) is 7.84. The molecule has 2 fully saturated rings. The molecule has 0 amide bonds. The monoisotopic (exact) mass is 274 g/mol. The lowest BCUT2D eigenvalue weighted by molar-refractivity contribution is 0.164. The van der Waals surface area contributed by atoms with Crippen LogP contribution in [0, 0.1) is 19.8 Å². The van der Waals surface area contributed by atoms with Crippen LogP contribution in [0.15, 0.2) is 18.2 Å². The number of hydrogen-bond donors (Lipinski definition) is 0. The summed E-state index contributed by atoms with van der Waals surface area (Å²) in [7, 11) is 0. The lowest BCUT2D eigenvalue weighted by Gasteiger charge is -2.37. The fourth-order valence-corrected chi connectivity index (χ4v) is 3.32. The molecule has 2 aliphatic rings. The molecule has 110 valence electrons. The van der Waals surface area contributed by atoms with E-state index < -0.39 is 0 Å². The molecule has 3 nitrogen and oxygen atoms in total. The van der Waals surface area contributed by atoms with Crippen LogP contribution in [0.3, 0.4) is 0 Å². The lowest BCUT2D eigenvalue weighted by Crippen LogP contribution is -2.48. The van der Waals surface area contributed by atoms with Crippen molar-refractivity contribution in [1.82, 2.24) is 4.90 Å². The molecule has 0 unspecified atom stereocenters. The highest BCUT2D eigenvalue weighted by Gasteiger charge is 2.23. The first-order valence-corrected chi connectivity index (χ1v) is 7.84. The summed E-state index contributed by atoms with van der Waals surface area (Å²) in [5, 5.41) is 0. The normalized spacial score (nSPS) is 24.3. The van der Waals surface area contributed by atoms with Crippen LogP contribution in [-0.2, 0) is 4.74 Å². The average molecular weight is 274 g/mol. The second-order valence-electron chi connectivity index (χ2n) is 6.31. The molecule has 20 heavy (non-hydrogen) atoms. The maximum absolute atomic E-state index is 5.48. The molecule has 0 aromatic heterocycles. The number of rotatable bonds is 3. The van der Waals surface area contributed by atoms with Gasteiger partial charge in [-0.05, 0) is 43.4 Å². The van der Waals surface area contributed by atoms with Gasteiger partial charge in [0.2, 0.25) is 0 Å². The summed E-state index contributed by atoms with van der Waals surface area (Å²) < 4.78 is 5.48. The van der Waals surface area contributed by atoms with Gasteiger partial charge in [-0.3, -0.25) is 4.90 Å². The van der Waals surface area contributed by atoms with Crippen LogP contribution in [-0.4, -0.2) is 50.8 Å². The number of aryl methyl sites for hydroxylation is 2. The van der Waals surface area contributed by atoms with Crippen molar-refractivity contribution in [3.05, 3.63) is 29.3 Å². The minimum absolute atomic E-state index is 0.766. The van der Waals surface area contributed by atoms with Crippen molar-refractivity contribution < 1.29 is 4.74 Å². The van der Waals surface area contributed by atoms with Crippen LogP contribution < -0.4 is 4.90 Å². The van der Waals surface area contributed by atoms with Crippen LogP contribution in [0.25, 0.3) is 0 Å². The van der Waals surface area contributed by atoms with Crippen molar-refractivity contribution in [2.45, 2.75) is 20.3 Å². The molecule has 3 heteroatoms. The van der Waals surface area contributed by atoms with E-state index in [0.717, 1.165) is 32.2 Å². The quantitative estimate of drug-likeness (QED) is 0.842. The van der Waals surface area contributed by atoms with Gasteiger partial charge in [0.25, 0.3) is 0 Å². The number of benzene rings is 1. The smallest absolute Gasteiger partial charge is 0.0507 e. The highest BCUT2D eigenvalue weighted by molar-refractivity contribution is 5.55. The molecular formula is C17H26N2O. The van der Waals surface area contributed by atoms with E-state index in [1.165, 1.54) is 42.9 Å². The Morgan fingerprint density at radius 1 is 1.15 bits per heavy atom. The molecular weight excluding hydrogens is 248 g/mol. The molecule has 1 aromatic rings. The standard InChI is InChI=1S/C17H26N2O/c1-14-3-4-15(2)17(11-14)19-8-6-18(7-9-19)12-16-5-10-20-13-16/h3-4,11,16H,5-10,12-13H2,1-2H3/t16-/m0/s1. The van der Waals surface area contributed by atoms with Gasteiger partial charge in [0.1, 0.15) is 0 Å².